The van der Waals surface area contributed by atoms with E-state index in [-0.39, 0.29) is 6.42 Å². The fourth-order valence-electron chi connectivity index (χ4n) is 1.60. The van der Waals surface area contributed by atoms with Crippen molar-refractivity contribution in [1.82, 2.24) is 0 Å². The molecule has 1 saturated carbocycles. The Morgan fingerprint density at radius 1 is 1.25 bits per heavy atom. The van der Waals surface area contributed by atoms with Crippen molar-refractivity contribution in [2.45, 2.75) is 12.6 Å². The van der Waals surface area contributed by atoms with Gasteiger partial charge in [0.1, 0.15) is 0 Å². The number of amides is 1. The van der Waals surface area contributed by atoms with Gasteiger partial charge in [-0.25, -0.2) is 0 Å². The topological polar surface area (TPSA) is 29.1 Å². The molecule has 1 aromatic carbocycles. The molecule has 1 fully saturated rings. The smallest absolute Gasteiger partial charge is 0.326 e. The van der Waals surface area contributed by atoms with Crippen molar-refractivity contribution in [3.8, 4) is 0 Å². The normalized spacial score (nSPS) is 23.9. The number of carbonyl (C=O) groups is 1. The fourth-order valence-corrected chi connectivity index (χ4v) is 1.60. The Morgan fingerprint density at radius 2 is 1.88 bits per heavy atom. The minimum Gasteiger partial charge on any atom is -0.326 e. The van der Waals surface area contributed by atoms with Gasteiger partial charge in [-0.15, -0.1) is 0 Å². The van der Waals surface area contributed by atoms with Gasteiger partial charge in [0, 0.05) is 5.69 Å². The van der Waals surface area contributed by atoms with E-state index in [2.05, 4.69) is 5.32 Å². The second kappa shape index (κ2) is 3.81. The highest BCUT2D eigenvalue weighted by atomic mass is 19.4. The Morgan fingerprint density at radius 3 is 2.38 bits per heavy atom. The number of alkyl halides is 3. The third kappa shape index (κ3) is 2.35. The first-order valence-corrected chi connectivity index (χ1v) is 4.91. The van der Waals surface area contributed by atoms with Crippen LogP contribution in [0.5, 0.6) is 0 Å². The molecule has 0 aliphatic heterocycles. The van der Waals surface area contributed by atoms with Gasteiger partial charge < -0.3 is 5.32 Å². The van der Waals surface area contributed by atoms with Crippen molar-refractivity contribution in [3.05, 3.63) is 30.3 Å². The van der Waals surface area contributed by atoms with Crippen LogP contribution >= 0.6 is 0 Å². The fraction of sp³-hybridized carbons (Fsp3) is 0.364. The molecule has 1 aliphatic rings. The maximum absolute atomic E-state index is 12.2. The monoisotopic (exact) mass is 229 g/mol. The molecule has 16 heavy (non-hydrogen) atoms. The molecule has 0 bridgehead atoms. The molecular weight excluding hydrogens is 219 g/mol. The average molecular weight is 229 g/mol. The van der Waals surface area contributed by atoms with Crippen LogP contribution in [-0.2, 0) is 4.79 Å². The number of halogens is 3. The lowest BCUT2D eigenvalue weighted by atomic mass is 10.2. The van der Waals surface area contributed by atoms with Crippen molar-refractivity contribution in [2.24, 2.45) is 11.8 Å². The molecule has 0 aromatic heterocycles. The molecule has 1 aromatic rings. The summed E-state index contributed by atoms with van der Waals surface area (Å²) in [5.41, 5.74) is 0.528. The second-order valence-electron chi connectivity index (χ2n) is 3.85. The molecule has 1 N–H and O–H groups in total. The quantitative estimate of drug-likeness (QED) is 0.830. The van der Waals surface area contributed by atoms with Crippen LogP contribution in [0.25, 0.3) is 0 Å². The highest BCUT2D eigenvalue weighted by Gasteiger charge is 2.58. The van der Waals surface area contributed by atoms with E-state index in [9.17, 15) is 18.0 Å². The van der Waals surface area contributed by atoms with Crippen LogP contribution < -0.4 is 5.32 Å². The molecule has 2 rings (SSSR count). The summed E-state index contributed by atoms with van der Waals surface area (Å²) in [5, 5.41) is 2.47. The lowest BCUT2D eigenvalue weighted by Crippen LogP contribution is -2.20. The summed E-state index contributed by atoms with van der Waals surface area (Å²) in [6.45, 7) is 0. The number of rotatable bonds is 2. The van der Waals surface area contributed by atoms with Gasteiger partial charge in [-0.2, -0.15) is 13.2 Å². The Kier molecular flexibility index (Phi) is 2.61. The van der Waals surface area contributed by atoms with Crippen LogP contribution in [0.1, 0.15) is 6.42 Å². The molecule has 0 saturated heterocycles. The Labute approximate surface area is 90.5 Å². The molecule has 2 atom stereocenters. The van der Waals surface area contributed by atoms with Crippen LogP contribution in [0.3, 0.4) is 0 Å². The highest BCUT2D eigenvalue weighted by molar-refractivity contribution is 5.94. The predicted molar refractivity (Wildman–Crippen MR) is 52.7 cm³/mol. The number of anilines is 1. The third-order valence-electron chi connectivity index (χ3n) is 2.59. The summed E-state index contributed by atoms with van der Waals surface area (Å²) < 4.78 is 36.6. The van der Waals surface area contributed by atoms with E-state index in [1.165, 1.54) is 0 Å². The highest BCUT2D eigenvalue weighted by Crippen LogP contribution is 2.50. The molecule has 86 valence electrons. The van der Waals surface area contributed by atoms with Gasteiger partial charge in [0.25, 0.3) is 0 Å². The molecule has 0 heterocycles. The number of hydrogen-bond donors (Lipinski definition) is 1. The van der Waals surface area contributed by atoms with Crippen molar-refractivity contribution < 1.29 is 18.0 Å². The van der Waals surface area contributed by atoms with E-state index in [1.54, 1.807) is 30.3 Å². The van der Waals surface area contributed by atoms with E-state index in [4.69, 9.17) is 0 Å². The van der Waals surface area contributed by atoms with E-state index in [0.29, 0.717) is 5.69 Å². The number of hydrogen-bond acceptors (Lipinski definition) is 1. The molecule has 5 heteroatoms. The Bertz CT molecular complexity index is 388. The molecule has 2 nitrogen and oxygen atoms in total. The lowest BCUT2D eigenvalue weighted by Gasteiger charge is -2.06. The molecule has 0 unspecified atom stereocenters. The van der Waals surface area contributed by atoms with Crippen LogP contribution in [-0.4, -0.2) is 12.1 Å². The zero-order valence-corrected chi connectivity index (χ0v) is 8.29. The number of benzene rings is 1. The van der Waals surface area contributed by atoms with Crippen molar-refractivity contribution in [3.63, 3.8) is 0 Å². The first-order chi connectivity index (χ1) is 7.48. The lowest BCUT2D eigenvalue weighted by molar-refractivity contribution is -0.153. The standard InChI is InChI=1S/C11H10F3NO/c12-11(13,14)9-6-8(9)10(16)15-7-4-2-1-3-5-7/h1-5,8-9H,6H2,(H,15,16)/t8-,9-/m1/s1. The zero-order chi connectivity index (χ0) is 11.8. The molecule has 0 spiro atoms. The zero-order valence-electron chi connectivity index (χ0n) is 8.29. The molecule has 1 amide bonds. The predicted octanol–water partition coefficient (Wildman–Crippen LogP) is 2.82. The average Bonchev–Trinajstić information content (AvgIpc) is 2.97. The summed E-state index contributed by atoms with van der Waals surface area (Å²) >= 11 is 0. The van der Waals surface area contributed by atoms with Gasteiger partial charge in [-0.3, -0.25) is 4.79 Å². The van der Waals surface area contributed by atoms with E-state index >= 15 is 0 Å². The summed E-state index contributed by atoms with van der Waals surface area (Å²) in [6.07, 6.45) is -4.35. The second-order valence-corrected chi connectivity index (χ2v) is 3.85. The third-order valence-corrected chi connectivity index (χ3v) is 2.59. The minimum atomic E-state index is -4.25. The number of nitrogens with one attached hydrogen (secondary N) is 1. The van der Waals surface area contributed by atoms with Crippen molar-refractivity contribution in [2.75, 3.05) is 5.32 Å². The van der Waals surface area contributed by atoms with Crippen LogP contribution in [0, 0.1) is 11.8 Å². The van der Waals surface area contributed by atoms with E-state index < -0.39 is 23.9 Å². The molecule has 0 radical (unpaired) electrons. The largest absolute Gasteiger partial charge is 0.392 e. The Hall–Kier alpha value is -1.52. The van der Waals surface area contributed by atoms with Crippen LogP contribution in [0.15, 0.2) is 30.3 Å². The van der Waals surface area contributed by atoms with Crippen LogP contribution in [0.4, 0.5) is 18.9 Å². The first-order valence-electron chi connectivity index (χ1n) is 4.91. The van der Waals surface area contributed by atoms with Gasteiger partial charge >= 0.3 is 6.18 Å². The first kappa shape index (κ1) is 11.0. The number of para-hydroxylation sites is 1. The van der Waals surface area contributed by atoms with Crippen molar-refractivity contribution in [1.29, 1.82) is 0 Å². The molecule has 1 aliphatic carbocycles. The van der Waals surface area contributed by atoms with Gasteiger partial charge in [-0.1, -0.05) is 18.2 Å². The van der Waals surface area contributed by atoms with E-state index in [1.807, 2.05) is 0 Å². The van der Waals surface area contributed by atoms with Gasteiger partial charge in [-0.05, 0) is 18.6 Å². The SMILES string of the molecule is O=C(Nc1ccccc1)[C@@H]1C[C@H]1C(F)(F)F. The summed E-state index contributed by atoms with van der Waals surface area (Å²) in [6, 6.07) is 8.48. The summed E-state index contributed by atoms with van der Waals surface area (Å²) in [5.74, 6) is -2.93. The van der Waals surface area contributed by atoms with Gasteiger partial charge in [0.2, 0.25) is 5.91 Å². The minimum absolute atomic E-state index is 0.0951. The van der Waals surface area contributed by atoms with Gasteiger partial charge in [0.05, 0.1) is 11.8 Å². The Balaban J connectivity index is 1.92. The molecular formula is C11H10F3NO. The maximum atomic E-state index is 12.2. The van der Waals surface area contributed by atoms with Gasteiger partial charge in [0.15, 0.2) is 0 Å². The van der Waals surface area contributed by atoms with E-state index in [0.717, 1.165) is 0 Å². The van der Waals surface area contributed by atoms with Crippen molar-refractivity contribution >= 4 is 11.6 Å². The van der Waals surface area contributed by atoms with Crippen LogP contribution in [0.2, 0.25) is 0 Å². The summed E-state index contributed by atoms with van der Waals surface area (Å²) in [4.78, 5) is 11.4. The maximum Gasteiger partial charge on any atom is 0.392 e. The summed E-state index contributed by atoms with van der Waals surface area (Å²) in [7, 11) is 0. The number of carbonyl (C=O) groups excluding carboxylic acids is 1.